The fraction of sp³-hybridized carbons (Fsp3) is 0.583. The summed E-state index contributed by atoms with van der Waals surface area (Å²) in [6.07, 6.45) is 11.7. The summed E-state index contributed by atoms with van der Waals surface area (Å²) >= 11 is 3.20. The summed E-state index contributed by atoms with van der Waals surface area (Å²) < 4.78 is 0.884. The van der Waals surface area contributed by atoms with E-state index in [2.05, 4.69) is 75.9 Å². The number of halogens is 1. The SMILES string of the molecule is Brc1ccccn1.C[C@@H]1CCC[C@H](C)N1.C[C@@H]1CCC[C@H](C)N1c1ccccn1. The zero-order valence-electron chi connectivity index (χ0n) is 18.4. The molecular weight excluding hydrogens is 424 g/mol. The number of aromatic nitrogens is 2. The van der Waals surface area contributed by atoms with Gasteiger partial charge in [-0.05, 0) is 100.0 Å². The summed E-state index contributed by atoms with van der Waals surface area (Å²) in [6, 6.07) is 14.6. The molecule has 2 saturated heterocycles. The first-order valence-corrected chi connectivity index (χ1v) is 11.8. The molecule has 0 bridgehead atoms. The van der Waals surface area contributed by atoms with Gasteiger partial charge in [0.25, 0.3) is 0 Å². The van der Waals surface area contributed by atoms with Crippen LogP contribution < -0.4 is 10.2 Å². The summed E-state index contributed by atoms with van der Waals surface area (Å²) in [4.78, 5) is 10.8. The fourth-order valence-electron chi connectivity index (χ4n) is 4.10. The Kier molecular flexibility index (Phi) is 10.6. The molecule has 4 nitrogen and oxygen atoms in total. The second kappa shape index (κ2) is 13.0. The molecule has 0 aliphatic carbocycles. The van der Waals surface area contributed by atoms with E-state index in [1.165, 1.54) is 38.5 Å². The first-order chi connectivity index (χ1) is 14.0. The van der Waals surface area contributed by atoms with Gasteiger partial charge < -0.3 is 10.2 Å². The minimum atomic E-state index is 0.633. The zero-order valence-corrected chi connectivity index (χ0v) is 20.0. The zero-order chi connectivity index (χ0) is 21.1. The fourth-order valence-corrected chi connectivity index (χ4v) is 4.37. The van der Waals surface area contributed by atoms with Crippen molar-refractivity contribution in [2.45, 2.75) is 90.4 Å². The van der Waals surface area contributed by atoms with Crippen molar-refractivity contribution in [2.75, 3.05) is 4.90 Å². The van der Waals surface area contributed by atoms with Crippen molar-refractivity contribution in [3.8, 4) is 0 Å². The maximum Gasteiger partial charge on any atom is 0.128 e. The Morgan fingerprint density at radius 1 is 0.793 bits per heavy atom. The molecule has 160 valence electrons. The molecule has 4 heterocycles. The molecule has 0 spiro atoms. The summed E-state index contributed by atoms with van der Waals surface area (Å²) in [5.74, 6) is 1.13. The van der Waals surface area contributed by atoms with Crippen LogP contribution in [0.3, 0.4) is 0 Å². The molecule has 2 aromatic rings. The van der Waals surface area contributed by atoms with Crippen LogP contribution in [0.5, 0.6) is 0 Å². The number of nitrogens with one attached hydrogen (secondary N) is 1. The van der Waals surface area contributed by atoms with E-state index < -0.39 is 0 Å². The smallest absolute Gasteiger partial charge is 0.128 e. The molecule has 2 fully saturated rings. The predicted octanol–water partition coefficient (Wildman–Crippen LogP) is 6.23. The van der Waals surface area contributed by atoms with E-state index in [1.54, 1.807) is 6.20 Å². The van der Waals surface area contributed by atoms with Crippen molar-refractivity contribution in [2.24, 2.45) is 0 Å². The summed E-state index contributed by atoms with van der Waals surface area (Å²) in [7, 11) is 0. The minimum Gasteiger partial charge on any atom is -0.351 e. The topological polar surface area (TPSA) is 41.1 Å². The van der Waals surface area contributed by atoms with Gasteiger partial charge in [-0.3, -0.25) is 0 Å². The van der Waals surface area contributed by atoms with Crippen molar-refractivity contribution >= 4 is 21.7 Å². The number of piperidine rings is 2. The van der Waals surface area contributed by atoms with Crippen molar-refractivity contribution < 1.29 is 0 Å². The summed E-state index contributed by atoms with van der Waals surface area (Å²) in [5, 5.41) is 3.48. The molecule has 1 N–H and O–H groups in total. The van der Waals surface area contributed by atoms with Gasteiger partial charge >= 0.3 is 0 Å². The number of hydrogen-bond acceptors (Lipinski definition) is 4. The van der Waals surface area contributed by atoms with Crippen molar-refractivity contribution in [3.63, 3.8) is 0 Å². The highest BCUT2D eigenvalue weighted by Gasteiger charge is 2.25. The Morgan fingerprint density at radius 2 is 1.34 bits per heavy atom. The van der Waals surface area contributed by atoms with Gasteiger partial charge in [-0.1, -0.05) is 18.6 Å². The van der Waals surface area contributed by atoms with Crippen LogP contribution in [0.1, 0.15) is 66.2 Å². The summed E-state index contributed by atoms with van der Waals surface area (Å²) in [5.41, 5.74) is 0. The van der Waals surface area contributed by atoms with E-state index in [-0.39, 0.29) is 0 Å². The third-order valence-electron chi connectivity index (χ3n) is 5.58. The van der Waals surface area contributed by atoms with Gasteiger partial charge in [0, 0.05) is 36.6 Å². The van der Waals surface area contributed by atoms with Gasteiger partial charge in [0.05, 0.1) is 0 Å². The number of pyridine rings is 2. The average molecular weight is 461 g/mol. The molecule has 0 amide bonds. The van der Waals surface area contributed by atoms with E-state index >= 15 is 0 Å². The van der Waals surface area contributed by atoms with Crippen molar-refractivity contribution in [1.82, 2.24) is 15.3 Å². The number of anilines is 1. The highest BCUT2D eigenvalue weighted by molar-refractivity contribution is 9.10. The van der Waals surface area contributed by atoms with E-state index in [0.717, 1.165) is 22.5 Å². The van der Waals surface area contributed by atoms with Gasteiger partial charge in [-0.2, -0.15) is 0 Å². The highest BCUT2D eigenvalue weighted by atomic mass is 79.9. The molecular formula is C24H37BrN4. The van der Waals surface area contributed by atoms with E-state index in [9.17, 15) is 0 Å². The van der Waals surface area contributed by atoms with Gasteiger partial charge in [-0.15, -0.1) is 0 Å². The van der Waals surface area contributed by atoms with Crippen LogP contribution in [-0.2, 0) is 0 Å². The lowest BCUT2D eigenvalue weighted by Crippen LogP contribution is -2.44. The number of rotatable bonds is 1. The number of hydrogen-bond donors (Lipinski definition) is 1. The molecule has 4 rings (SSSR count). The third-order valence-corrected chi connectivity index (χ3v) is 6.05. The van der Waals surface area contributed by atoms with Crippen molar-refractivity contribution in [1.29, 1.82) is 0 Å². The van der Waals surface area contributed by atoms with E-state index in [1.807, 2.05) is 30.5 Å². The Bertz CT molecular complexity index is 649. The second-order valence-corrected chi connectivity index (χ2v) is 9.09. The summed E-state index contributed by atoms with van der Waals surface area (Å²) in [6.45, 7) is 9.11. The monoisotopic (exact) mass is 460 g/mol. The number of nitrogens with zero attached hydrogens (tertiary/aromatic N) is 3. The molecule has 0 aromatic carbocycles. The Hall–Kier alpha value is -1.46. The van der Waals surface area contributed by atoms with Crippen LogP contribution in [0.25, 0.3) is 0 Å². The predicted molar refractivity (Wildman–Crippen MR) is 127 cm³/mol. The van der Waals surface area contributed by atoms with Crippen LogP contribution in [0.4, 0.5) is 5.82 Å². The normalized spacial score (nSPS) is 26.4. The van der Waals surface area contributed by atoms with Gasteiger partial charge in [0.15, 0.2) is 0 Å². The second-order valence-electron chi connectivity index (χ2n) is 8.28. The lowest BCUT2D eigenvalue weighted by molar-refractivity contribution is 0.352. The maximum atomic E-state index is 4.43. The lowest BCUT2D eigenvalue weighted by Gasteiger charge is -2.39. The van der Waals surface area contributed by atoms with Crippen LogP contribution in [0, 0.1) is 0 Å². The molecule has 4 atom stereocenters. The molecule has 2 aliphatic heterocycles. The first kappa shape index (κ1) is 23.8. The average Bonchev–Trinajstić information content (AvgIpc) is 2.70. The van der Waals surface area contributed by atoms with Crippen LogP contribution in [0.15, 0.2) is 53.4 Å². The van der Waals surface area contributed by atoms with Gasteiger partial charge in [0.2, 0.25) is 0 Å². The standard InChI is InChI=1S/C12H18N2.C7H15N.C5H4BrN/c1-10-6-5-7-11(2)14(10)12-8-3-4-9-13-12;1-6-4-3-5-7(2)8-6;6-5-3-1-2-4-7-5/h3-4,8-11H,5-7H2,1-2H3;6-8H,3-5H2,1-2H3;1-4H/t10-,11+;6-,7+;. The Balaban J connectivity index is 0.000000170. The third kappa shape index (κ3) is 8.83. The van der Waals surface area contributed by atoms with Crippen LogP contribution in [0.2, 0.25) is 0 Å². The molecule has 2 aromatic heterocycles. The lowest BCUT2D eigenvalue weighted by atomic mass is 9.97. The molecule has 0 radical (unpaired) electrons. The Morgan fingerprint density at radius 3 is 1.72 bits per heavy atom. The van der Waals surface area contributed by atoms with E-state index in [0.29, 0.717) is 12.1 Å². The van der Waals surface area contributed by atoms with Gasteiger partial charge in [0.1, 0.15) is 10.4 Å². The highest BCUT2D eigenvalue weighted by Crippen LogP contribution is 2.26. The quantitative estimate of drug-likeness (QED) is 0.511. The molecule has 0 saturated carbocycles. The molecule has 2 aliphatic rings. The van der Waals surface area contributed by atoms with Gasteiger partial charge in [-0.25, -0.2) is 9.97 Å². The molecule has 0 unspecified atom stereocenters. The molecule has 29 heavy (non-hydrogen) atoms. The largest absolute Gasteiger partial charge is 0.351 e. The minimum absolute atomic E-state index is 0.633. The first-order valence-electron chi connectivity index (χ1n) is 11.0. The van der Waals surface area contributed by atoms with Crippen molar-refractivity contribution in [3.05, 3.63) is 53.4 Å². The maximum absolute atomic E-state index is 4.43. The molecule has 5 heteroatoms. The Labute approximate surface area is 185 Å². The van der Waals surface area contributed by atoms with Crippen LogP contribution in [-0.4, -0.2) is 34.1 Å². The van der Waals surface area contributed by atoms with Crippen LogP contribution >= 0.6 is 15.9 Å². The van der Waals surface area contributed by atoms with E-state index in [4.69, 9.17) is 0 Å².